The maximum atomic E-state index is 13.5. The van der Waals surface area contributed by atoms with E-state index in [0.717, 1.165) is 10.3 Å². The first-order chi connectivity index (χ1) is 17.9. The molecule has 1 atom stereocenters. The van der Waals surface area contributed by atoms with Gasteiger partial charge in [-0.2, -0.15) is 0 Å². The second-order valence-corrected chi connectivity index (χ2v) is 9.49. The van der Waals surface area contributed by atoms with Crippen LogP contribution >= 0.6 is 11.3 Å². The van der Waals surface area contributed by atoms with E-state index in [1.165, 1.54) is 37.6 Å². The SMILES string of the molecule is COc1cccc(/C(O)=C2\C(=O)C(=O)N(c3nc4ccc(C)cc4s3)[C@@H]2c2ccc(OC)c(OC)c2)c1. The van der Waals surface area contributed by atoms with Crippen LogP contribution in [0.1, 0.15) is 22.7 Å². The zero-order valence-corrected chi connectivity index (χ0v) is 21.5. The largest absolute Gasteiger partial charge is 0.507 e. The number of ketones is 1. The summed E-state index contributed by atoms with van der Waals surface area (Å²) in [4.78, 5) is 33.0. The van der Waals surface area contributed by atoms with Gasteiger partial charge >= 0.3 is 5.91 Å². The zero-order chi connectivity index (χ0) is 26.3. The number of ether oxygens (including phenoxy) is 3. The van der Waals surface area contributed by atoms with Crippen LogP contribution in [0.5, 0.6) is 17.2 Å². The summed E-state index contributed by atoms with van der Waals surface area (Å²) in [7, 11) is 4.54. The number of fused-ring (bicyclic) bond motifs is 1. The highest BCUT2D eigenvalue weighted by Gasteiger charge is 2.48. The summed E-state index contributed by atoms with van der Waals surface area (Å²) in [6, 6.07) is 16.7. The van der Waals surface area contributed by atoms with Crippen LogP contribution in [0.25, 0.3) is 16.0 Å². The summed E-state index contributed by atoms with van der Waals surface area (Å²) in [6.45, 7) is 1.98. The Morgan fingerprint density at radius 3 is 2.46 bits per heavy atom. The van der Waals surface area contributed by atoms with E-state index in [4.69, 9.17) is 14.2 Å². The van der Waals surface area contributed by atoms with E-state index < -0.39 is 17.7 Å². The molecule has 0 aliphatic carbocycles. The molecule has 0 bridgehead atoms. The van der Waals surface area contributed by atoms with Gasteiger partial charge in [0.25, 0.3) is 5.78 Å². The molecule has 1 aliphatic rings. The molecule has 9 heteroatoms. The molecule has 37 heavy (non-hydrogen) atoms. The van der Waals surface area contributed by atoms with Gasteiger partial charge in [-0.1, -0.05) is 35.6 Å². The molecule has 1 aromatic heterocycles. The Labute approximate surface area is 217 Å². The van der Waals surface area contributed by atoms with Gasteiger partial charge in [0.05, 0.1) is 43.2 Å². The third-order valence-electron chi connectivity index (χ3n) is 6.25. The standard InChI is InChI=1S/C28H24N2O6S/c1-15-8-10-19-22(12-15)37-28(29-19)30-24(16-9-11-20(35-3)21(14-16)36-4)23(26(32)27(30)33)25(31)17-6-5-7-18(13-17)34-2/h5-14,24,31H,1-4H3/b25-23+/t24-/m1/s1. The van der Waals surface area contributed by atoms with Gasteiger partial charge in [-0.25, -0.2) is 4.98 Å². The average molecular weight is 517 g/mol. The number of aliphatic hydroxyl groups excluding tert-OH is 1. The molecule has 0 spiro atoms. The minimum atomic E-state index is -0.951. The van der Waals surface area contributed by atoms with Gasteiger partial charge in [0.1, 0.15) is 11.5 Å². The average Bonchev–Trinajstić information content (AvgIpc) is 3.45. The Hall–Kier alpha value is -4.37. The Morgan fingerprint density at radius 2 is 1.73 bits per heavy atom. The topological polar surface area (TPSA) is 98.2 Å². The van der Waals surface area contributed by atoms with E-state index in [0.29, 0.717) is 39.0 Å². The van der Waals surface area contributed by atoms with Crippen LogP contribution in [0.4, 0.5) is 5.13 Å². The molecule has 0 unspecified atom stereocenters. The van der Waals surface area contributed by atoms with Crippen LogP contribution in [-0.4, -0.2) is 43.1 Å². The van der Waals surface area contributed by atoms with Crippen molar-refractivity contribution in [1.82, 2.24) is 4.98 Å². The molecule has 1 fully saturated rings. The lowest BCUT2D eigenvalue weighted by molar-refractivity contribution is -0.132. The van der Waals surface area contributed by atoms with Crippen molar-refractivity contribution in [2.24, 2.45) is 0 Å². The Balaban J connectivity index is 1.75. The van der Waals surface area contributed by atoms with Crippen LogP contribution in [-0.2, 0) is 9.59 Å². The Bertz CT molecular complexity index is 1570. The molecule has 8 nitrogen and oxygen atoms in total. The molecule has 188 valence electrons. The van der Waals surface area contributed by atoms with Gasteiger partial charge in [0, 0.05) is 5.56 Å². The van der Waals surface area contributed by atoms with Crippen molar-refractivity contribution < 1.29 is 28.9 Å². The van der Waals surface area contributed by atoms with Crippen LogP contribution in [0.3, 0.4) is 0 Å². The quantitative estimate of drug-likeness (QED) is 0.212. The minimum absolute atomic E-state index is 0.0547. The van der Waals surface area contributed by atoms with Crippen molar-refractivity contribution in [1.29, 1.82) is 0 Å². The highest BCUT2D eigenvalue weighted by Crippen LogP contribution is 2.46. The number of amides is 1. The number of aliphatic hydroxyl groups is 1. The molecule has 4 aromatic rings. The molecule has 1 amide bonds. The monoisotopic (exact) mass is 516 g/mol. The number of nitrogens with zero attached hydrogens (tertiary/aromatic N) is 2. The minimum Gasteiger partial charge on any atom is -0.507 e. The predicted octanol–water partition coefficient (Wildman–Crippen LogP) is 5.26. The molecule has 5 rings (SSSR count). The molecule has 2 heterocycles. The Morgan fingerprint density at radius 1 is 0.946 bits per heavy atom. The maximum absolute atomic E-state index is 13.5. The summed E-state index contributed by atoms with van der Waals surface area (Å²) in [5.41, 5.74) is 2.62. The first-order valence-corrected chi connectivity index (χ1v) is 12.2. The van der Waals surface area contributed by atoms with Crippen molar-refractivity contribution in [3.05, 3.63) is 82.9 Å². The second-order valence-electron chi connectivity index (χ2n) is 8.48. The summed E-state index contributed by atoms with van der Waals surface area (Å²) in [5, 5.41) is 11.7. The second kappa shape index (κ2) is 9.59. The van der Waals surface area contributed by atoms with Gasteiger partial charge in [0.15, 0.2) is 16.6 Å². The number of Topliss-reactive ketones (excluding diaryl/α,β-unsaturated/α-hetero) is 1. The number of hydrogen-bond acceptors (Lipinski definition) is 8. The predicted molar refractivity (Wildman–Crippen MR) is 142 cm³/mol. The Kier molecular flexibility index (Phi) is 6.31. The number of benzene rings is 3. The van der Waals surface area contributed by atoms with E-state index in [9.17, 15) is 14.7 Å². The van der Waals surface area contributed by atoms with Crippen molar-refractivity contribution in [2.45, 2.75) is 13.0 Å². The number of carbonyl (C=O) groups is 2. The first kappa shape index (κ1) is 24.3. The summed E-state index contributed by atoms with van der Waals surface area (Å²) in [5.74, 6) is -0.479. The summed E-state index contributed by atoms with van der Waals surface area (Å²) < 4.78 is 17.0. The van der Waals surface area contributed by atoms with Gasteiger partial charge < -0.3 is 19.3 Å². The van der Waals surface area contributed by atoms with E-state index in [1.807, 2.05) is 25.1 Å². The molecule has 0 radical (unpaired) electrons. The summed E-state index contributed by atoms with van der Waals surface area (Å²) in [6.07, 6.45) is 0. The fourth-order valence-electron chi connectivity index (χ4n) is 4.42. The third kappa shape index (κ3) is 4.17. The first-order valence-electron chi connectivity index (χ1n) is 11.4. The highest BCUT2D eigenvalue weighted by molar-refractivity contribution is 7.22. The van der Waals surface area contributed by atoms with Crippen molar-refractivity contribution in [3.8, 4) is 17.2 Å². The molecule has 0 saturated carbocycles. The molecule has 1 saturated heterocycles. The van der Waals surface area contributed by atoms with Gasteiger partial charge in [0.2, 0.25) is 0 Å². The maximum Gasteiger partial charge on any atom is 0.301 e. The van der Waals surface area contributed by atoms with E-state index >= 15 is 0 Å². The molecular formula is C28H24N2O6S. The van der Waals surface area contributed by atoms with Crippen molar-refractivity contribution in [2.75, 3.05) is 26.2 Å². The van der Waals surface area contributed by atoms with Crippen molar-refractivity contribution >= 4 is 44.1 Å². The summed E-state index contributed by atoms with van der Waals surface area (Å²) >= 11 is 1.31. The number of hydrogen-bond donors (Lipinski definition) is 1. The highest BCUT2D eigenvalue weighted by atomic mass is 32.1. The van der Waals surface area contributed by atoms with Crippen LogP contribution < -0.4 is 19.1 Å². The van der Waals surface area contributed by atoms with Gasteiger partial charge in [-0.3, -0.25) is 14.5 Å². The molecule has 1 aliphatic heterocycles. The number of methoxy groups -OCH3 is 3. The fourth-order valence-corrected chi connectivity index (χ4v) is 5.51. The van der Waals surface area contributed by atoms with E-state index in [2.05, 4.69) is 4.98 Å². The number of anilines is 1. The third-order valence-corrected chi connectivity index (χ3v) is 7.27. The van der Waals surface area contributed by atoms with Crippen molar-refractivity contribution in [3.63, 3.8) is 0 Å². The van der Waals surface area contributed by atoms with Gasteiger partial charge in [-0.15, -0.1) is 0 Å². The van der Waals surface area contributed by atoms with Crippen LogP contribution in [0, 0.1) is 6.92 Å². The number of thiazole rings is 1. The van der Waals surface area contributed by atoms with E-state index in [1.54, 1.807) is 42.5 Å². The fraction of sp³-hybridized carbons (Fsp3) is 0.179. The van der Waals surface area contributed by atoms with E-state index in [-0.39, 0.29) is 11.3 Å². The lowest BCUT2D eigenvalue weighted by atomic mass is 9.95. The lowest BCUT2D eigenvalue weighted by Gasteiger charge is -2.23. The van der Waals surface area contributed by atoms with Crippen LogP contribution in [0.2, 0.25) is 0 Å². The number of aryl methyl sites for hydroxylation is 1. The normalized spacial score (nSPS) is 16.9. The zero-order valence-electron chi connectivity index (χ0n) is 20.6. The lowest BCUT2D eigenvalue weighted by Crippen LogP contribution is -2.29. The number of aromatic nitrogens is 1. The number of rotatable bonds is 6. The van der Waals surface area contributed by atoms with Gasteiger partial charge in [-0.05, 0) is 54.4 Å². The smallest absolute Gasteiger partial charge is 0.301 e. The van der Waals surface area contributed by atoms with Crippen LogP contribution in [0.15, 0.2) is 66.2 Å². The molecule has 3 aromatic carbocycles. The molecular weight excluding hydrogens is 492 g/mol. The number of carbonyl (C=O) groups excluding carboxylic acids is 2. The molecule has 1 N–H and O–H groups in total.